The monoisotopic (exact) mass is 298 g/mol. The molecule has 0 aliphatic carbocycles. The van der Waals surface area contributed by atoms with E-state index in [4.69, 9.17) is 4.74 Å². The van der Waals surface area contributed by atoms with Gasteiger partial charge >= 0.3 is 5.97 Å². The number of carbonyl (C=O) groups is 2. The van der Waals surface area contributed by atoms with Crippen LogP contribution in [-0.4, -0.2) is 47.3 Å². The predicted molar refractivity (Wildman–Crippen MR) is 71.9 cm³/mol. The molecule has 0 spiro atoms. The van der Waals surface area contributed by atoms with Crippen LogP contribution in [0.15, 0.2) is 0 Å². The van der Waals surface area contributed by atoms with Crippen LogP contribution in [0.5, 0.6) is 0 Å². The van der Waals surface area contributed by atoms with Gasteiger partial charge in [-0.3, -0.25) is 4.79 Å². The normalized spacial score (nSPS) is 18.9. The number of rotatable bonds is 7. The summed E-state index contributed by atoms with van der Waals surface area (Å²) in [6, 6.07) is 0. The van der Waals surface area contributed by atoms with E-state index >= 15 is 0 Å². The molecule has 0 radical (unpaired) electrons. The highest BCUT2D eigenvalue weighted by Crippen LogP contribution is 2.20. The summed E-state index contributed by atoms with van der Waals surface area (Å²) in [5.41, 5.74) is 1.08. The zero-order valence-corrected chi connectivity index (χ0v) is 12.2. The zero-order valence-electron chi connectivity index (χ0n) is 12.2. The first-order valence-electron chi connectivity index (χ1n) is 7.00. The Morgan fingerprint density at radius 2 is 2.38 bits per heavy atom. The van der Waals surface area contributed by atoms with Crippen molar-refractivity contribution in [3.05, 3.63) is 17.2 Å². The minimum Gasteiger partial charge on any atom is -0.464 e. The second-order valence-electron chi connectivity index (χ2n) is 4.94. The third-order valence-electron chi connectivity index (χ3n) is 3.50. The van der Waals surface area contributed by atoms with Crippen molar-refractivity contribution in [2.45, 2.75) is 45.5 Å². The van der Waals surface area contributed by atoms with Crippen molar-refractivity contribution < 1.29 is 23.5 Å². The lowest BCUT2D eigenvalue weighted by Gasteiger charge is -2.27. The zero-order chi connectivity index (χ0) is 15.4. The third-order valence-corrected chi connectivity index (χ3v) is 3.50. The Morgan fingerprint density at radius 1 is 1.67 bits per heavy atom. The Morgan fingerprint density at radius 3 is 2.90 bits per heavy atom. The molecular formula is C14H19FN2O4. The maximum absolute atomic E-state index is 13.9. The molecule has 2 heterocycles. The van der Waals surface area contributed by atoms with E-state index in [1.807, 2.05) is 0 Å². The minimum absolute atomic E-state index is 0.0108. The lowest BCUT2D eigenvalue weighted by atomic mass is 10.1. The highest BCUT2D eigenvalue weighted by atomic mass is 19.1. The minimum atomic E-state index is -1.76. The Hall–Kier alpha value is -1.76. The lowest BCUT2D eigenvalue weighted by molar-refractivity contribution is -0.149. The quantitative estimate of drug-likeness (QED) is 0.559. The topological polar surface area (TPSA) is 70.4 Å². The maximum atomic E-state index is 13.9. The van der Waals surface area contributed by atoms with E-state index in [0.29, 0.717) is 30.8 Å². The molecule has 1 fully saturated rings. The van der Waals surface area contributed by atoms with E-state index < -0.39 is 12.1 Å². The molecule has 21 heavy (non-hydrogen) atoms. The molecule has 0 saturated carbocycles. The van der Waals surface area contributed by atoms with E-state index in [-0.39, 0.29) is 25.0 Å². The van der Waals surface area contributed by atoms with Gasteiger partial charge in [0.1, 0.15) is 0 Å². The van der Waals surface area contributed by atoms with Crippen LogP contribution < -0.4 is 0 Å². The van der Waals surface area contributed by atoms with Crippen LogP contribution >= 0.6 is 0 Å². The van der Waals surface area contributed by atoms with Crippen LogP contribution in [0.3, 0.4) is 0 Å². The summed E-state index contributed by atoms with van der Waals surface area (Å²) in [6.07, 6.45) is -0.380. The molecule has 1 aromatic heterocycles. The van der Waals surface area contributed by atoms with Crippen LogP contribution in [0.25, 0.3) is 0 Å². The fourth-order valence-corrected chi connectivity index (χ4v) is 2.30. The Bertz CT molecular complexity index is 525. The fraction of sp³-hybridized carbons (Fsp3) is 0.643. The largest absolute Gasteiger partial charge is 0.464 e. The Kier molecular flexibility index (Phi) is 5.06. The molecule has 1 unspecified atom stereocenters. The van der Waals surface area contributed by atoms with Gasteiger partial charge in [-0.05, 0) is 20.3 Å². The van der Waals surface area contributed by atoms with Crippen molar-refractivity contribution >= 4 is 12.3 Å². The van der Waals surface area contributed by atoms with Gasteiger partial charge in [0.25, 0.3) is 0 Å². The molecule has 2 rings (SSSR count). The molecule has 1 saturated heterocycles. The number of nitrogens with zero attached hydrogens (tertiary/aromatic N) is 2. The number of hydrogen-bond donors (Lipinski definition) is 0. The molecule has 1 aliphatic heterocycles. The number of alkyl halides is 1. The lowest BCUT2D eigenvalue weighted by Crippen LogP contribution is -2.33. The summed E-state index contributed by atoms with van der Waals surface area (Å²) in [4.78, 5) is 26.6. The number of imidazole rings is 1. The smallest absolute Gasteiger partial charge is 0.341 e. The van der Waals surface area contributed by atoms with Gasteiger partial charge < -0.3 is 14.0 Å². The van der Waals surface area contributed by atoms with E-state index in [9.17, 15) is 14.0 Å². The van der Waals surface area contributed by atoms with Crippen molar-refractivity contribution in [1.29, 1.82) is 0 Å². The van der Waals surface area contributed by atoms with Gasteiger partial charge in [-0.1, -0.05) is 0 Å². The van der Waals surface area contributed by atoms with Gasteiger partial charge in [0.15, 0.2) is 12.1 Å². The Balaban J connectivity index is 2.18. The molecule has 7 heteroatoms. The van der Waals surface area contributed by atoms with Crippen LogP contribution in [0.2, 0.25) is 0 Å². The van der Waals surface area contributed by atoms with Gasteiger partial charge in [0.2, 0.25) is 6.17 Å². The number of ether oxygens (including phenoxy) is 2. The maximum Gasteiger partial charge on any atom is 0.341 e. The predicted octanol–water partition coefficient (Wildman–Crippen LogP) is 1.24. The van der Waals surface area contributed by atoms with Gasteiger partial charge in [-0.25, -0.2) is 14.2 Å². The van der Waals surface area contributed by atoms with E-state index in [0.717, 1.165) is 6.42 Å². The van der Waals surface area contributed by atoms with Crippen molar-refractivity contribution in [3.63, 3.8) is 0 Å². The molecule has 1 aliphatic rings. The summed E-state index contributed by atoms with van der Waals surface area (Å²) in [7, 11) is 0. The number of aryl methyl sites for hydroxylation is 1. The highest BCUT2D eigenvalue weighted by Gasteiger charge is 2.27. The van der Waals surface area contributed by atoms with Crippen molar-refractivity contribution in [2.24, 2.45) is 0 Å². The second kappa shape index (κ2) is 6.80. The molecular weight excluding hydrogens is 279 g/mol. The van der Waals surface area contributed by atoms with Crippen LogP contribution in [-0.2, 0) is 27.2 Å². The average molecular weight is 298 g/mol. The number of aromatic nitrogens is 2. The molecule has 2 atom stereocenters. The first-order valence-corrected chi connectivity index (χ1v) is 7.00. The summed E-state index contributed by atoms with van der Waals surface area (Å²) >= 11 is 0. The highest BCUT2D eigenvalue weighted by molar-refractivity contribution is 5.75. The van der Waals surface area contributed by atoms with Crippen LogP contribution in [0, 0.1) is 6.92 Å². The molecule has 1 aromatic rings. The Labute approximate surface area is 122 Å². The van der Waals surface area contributed by atoms with Gasteiger partial charge in [0, 0.05) is 18.7 Å². The van der Waals surface area contributed by atoms with Crippen LogP contribution in [0.4, 0.5) is 4.39 Å². The summed E-state index contributed by atoms with van der Waals surface area (Å²) in [5, 5.41) is 0. The third kappa shape index (κ3) is 3.47. The summed E-state index contributed by atoms with van der Waals surface area (Å²) in [6.45, 7) is 4.59. The first-order chi connectivity index (χ1) is 10.1. The second-order valence-corrected chi connectivity index (χ2v) is 4.94. The average Bonchev–Trinajstić information content (AvgIpc) is 2.70. The van der Waals surface area contributed by atoms with Gasteiger partial charge in [-0.15, -0.1) is 0 Å². The van der Waals surface area contributed by atoms with Crippen molar-refractivity contribution in [3.8, 4) is 0 Å². The number of hydrogen-bond acceptors (Lipinski definition) is 5. The first kappa shape index (κ1) is 15.6. The van der Waals surface area contributed by atoms with E-state index in [2.05, 4.69) is 9.72 Å². The fourth-order valence-electron chi connectivity index (χ4n) is 2.30. The van der Waals surface area contributed by atoms with E-state index in [1.165, 1.54) is 0 Å². The number of carbonyl (C=O) groups excluding carboxylic acids is 2. The van der Waals surface area contributed by atoms with Gasteiger partial charge in [-0.2, -0.15) is 0 Å². The molecule has 116 valence electrons. The summed E-state index contributed by atoms with van der Waals surface area (Å²) in [5.74, 6) is -0.661. The molecule has 0 aromatic carbocycles. The number of esters is 1. The molecule has 0 bridgehead atoms. The standard InChI is InChI=1S/C14H19FN2O4/c1-3-20-14(19)11(15)6-12-9(2)16-13(8-18)17(12)7-10-4-5-21-10/h8,10-11H,3-7H2,1-2H3/t10-,11?/m0/s1. The SMILES string of the molecule is CCOC(=O)C(F)Cc1c(C)nc(C=O)n1C[C@@H]1CCO1. The van der Waals surface area contributed by atoms with Crippen molar-refractivity contribution in [2.75, 3.05) is 13.2 Å². The van der Waals surface area contributed by atoms with E-state index in [1.54, 1.807) is 18.4 Å². The van der Waals surface area contributed by atoms with Gasteiger partial charge in [0.05, 0.1) is 24.9 Å². The van der Waals surface area contributed by atoms with Crippen molar-refractivity contribution in [1.82, 2.24) is 9.55 Å². The summed E-state index contributed by atoms with van der Waals surface area (Å²) < 4.78 is 25.6. The molecule has 0 amide bonds. The number of halogens is 1. The number of aldehydes is 1. The molecule has 0 N–H and O–H groups in total. The molecule has 6 nitrogen and oxygen atoms in total. The van der Waals surface area contributed by atoms with Crippen LogP contribution in [0.1, 0.15) is 35.4 Å².